The number of aliphatic hydroxyl groups is 1. The zero-order valence-corrected chi connectivity index (χ0v) is 26.6. The number of esters is 2. The van der Waals surface area contributed by atoms with Crippen molar-refractivity contribution in [1.29, 1.82) is 0 Å². The van der Waals surface area contributed by atoms with Gasteiger partial charge in [-0.1, -0.05) is 91.9 Å². The molecule has 2 N–H and O–H groups in total. The summed E-state index contributed by atoms with van der Waals surface area (Å²) in [6.45, 7) is 11.7. The van der Waals surface area contributed by atoms with E-state index in [1.54, 1.807) is 13.8 Å². The molecule has 0 aromatic rings. The van der Waals surface area contributed by atoms with Crippen molar-refractivity contribution in [3.05, 3.63) is 0 Å². The van der Waals surface area contributed by atoms with Crippen LogP contribution in [0.2, 0.25) is 0 Å². The van der Waals surface area contributed by atoms with Crippen LogP contribution < -0.4 is 5.32 Å². The molecule has 0 bridgehead atoms. The highest BCUT2D eigenvalue weighted by Gasteiger charge is 2.35. The summed E-state index contributed by atoms with van der Waals surface area (Å²) in [7, 11) is 0. The Labute approximate surface area is 249 Å². The number of hydrogen-bond donors (Lipinski definition) is 2. The molecule has 1 rings (SSSR count). The predicted octanol–water partition coefficient (Wildman–Crippen LogP) is 5.03. The molecule has 0 radical (unpaired) electrons. The van der Waals surface area contributed by atoms with Gasteiger partial charge in [0.2, 0.25) is 5.91 Å². The molecule has 0 aliphatic carbocycles. The Hall–Kier alpha value is -1.71. The van der Waals surface area contributed by atoms with E-state index in [1.807, 2.05) is 0 Å². The number of nitrogens with zero attached hydrogens (tertiary/aromatic N) is 1. The smallest absolute Gasteiger partial charge is 0.307 e. The van der Waals surface area contributed by atoms with E-state index in [0.29, 0.717) is 32.3 Å². The number of carbonyl (C=O) groups excluding carboxylic acids is 3. The first-order valence-corrected chi connectivity index (χ1v) is 16.3. The summed E-state index contributed by atoms with van der Waals surface area (Å²) in [5, 5.41) is 13.2. The number of aliphatic hydroxyl groups excluding tert-OH is 1. The number of rotatable bonds is 24. The number of hydrogen-bond acceptors (Lipinski definition) is 8. The fourth-order valence-electron chi connectivity index (χ4n) is 4.90. The Morgan fingerprint density at radius 3 is 2.05 bits per heavy atom. The second-order valence-electron chi connectivity index (χ2n) is 12.3. The highest BCUT2D eigenvalue weighted by molar-refractivity contribution is 5.82. The zero-order valence-electron chi connectivity index (χ0n) is 26.6. The maximum absolute atomic E-state index is 12.5. The lowest BCUT2D eigenvalue weighted by molar-refractivity contribution is -0.154. The molecule has 1 aliphatic rings. The van der Waals surface area contributed by atoms with Gasteiger partial charge in [0.05, 0.1) is 39.3 Å². The van der Waals surface area contributed by atoms with Crippen LogP contribution in [0.25, 0.3) is 0 Å². The Morgan fingerprint density at radius 2 is 1.41 bits per heavy atom. The molecule has 240 valence electrons. The third-order valence-corrected chi connectivity index (χ3v) is 7.87. The van der Waals surface area contributed by atoms with Crippen LogP contribution in [-0.2, 0) is 28.6 Å². The molecular formula is C32H60N2O7. The van der Waals surface area contributed by atoms with Gasteiger partial charge < -0.3 is 24.6 Å². The van der Waals surface area contributed by atoms with Crippen molar-refractivity contribution < 1.29 is 33.7 Å². The number of ether oxygens (including phenoxy) is 3. The molecule has 1 amide bonds. The molecule has 1 unspecified atom stereocenters. The summed E-state index contributed by atoms with van der Waals surface area (Å²) < 4.78 is 16.2. The van der Waals surface area contributed by atoms with Gasteiger partial charge in [0.1, 0.15) is 6.10 Å². The number of carbonyl (C=O) groups is 3. The van der Waals surface area contributed by atoms with Crippen LogP contribution >= 0.6 is 0 Å². The number of amides is 1. The average Bonchev–Trinajstić information content (AvgIpc) is 2.97. The summed E-state index contributed by atoms with van der Waals surface area (Å²) in [6, 6.07) is 0. The van der Waals surface area contributed by atoms with Crippen molar-refractivity contribution in [2.24, 2.45) is 11.3 Å². The largest absolute Gasteiger partial charge is 0.465 e. The molecule has 0 aromatic carbocycles. The van der Waals surface area contributed by atoms with Crippen LogP contribution in [0.3, 0.4) is 0 Å². The molecule has 1 fully saturated rings. The molecule has 1 saturated heterocycles. The molecule has 1 aliphatic heterocycles. The number of nitrogens with one attached hydrogen (secondary N) is 1. The van der Waals surface area contributed by atoms with E-state index in [9.17, 15) is 19.5 Å². The highest BCUT2D eigenvalue weighted by atomic mass is 16.5. The lowest BCUT2D eigenvalue weighted by atomic mass is 9.87. The summed E-state index contributed by atoms with van der Waals surface area (Å²) in [5.41, 5.74) is -0.971. The Morgan fingerprint density at radius 1 is 0.854 bits per heavy atom. The lowest BCUT2D eigenvalue weighted by Crippen LogP contribution is -2.46. The molecule has 0 saturated carbocycles. The third kappa shape index (κ3) is 18.4. The van der Waals surface area contributed by atoms with Crippen LogP contribution in [0, 0.1) is 11.3 Å². The van der Waals surface area contributed by atoms with Gasteiger partial charge in [-0.05, 0) is 18.8 Å². The van der Waals surface area contributed by atoms with E-state index in [2.05, 4.69) is 24.1 Å². The lowest BCUT2D eigenvalue weighted by Gasteiger charge is -2.29. The molecule has 9 heteroatoms. The van der Waals surface area contributed by atoms with Gasteiger partial charge in [0.15, 0.2) is 0 Å². The van der Waals surface area contributed by atoms with E-state index < -0.39 is 17.4 Å². The Balaban J connectivity index is 2.31. The normalized spacial score (nSPS) is 15.7. The van der Waals surface area contributed by atoms with Gasteiger partial charge in [-0.25, -0.2) is 0 Å². The standard InChI is InChI=1S/C32H60N2O7/c1-5-7-9-11-12-14-16-27(15-13-10-8-6-2)25-40-28(35)17-19-33-31(38)30(37)32(3,4)26-41-29(36)18-20-34-21-23-39-24-22-34/h27,30,37H,5-26H2,1-4H3,(H,33,38)/t27?,30-/m0/s1. The third-order valence-electron chi connectivity index (χ3n) is 7.87. The summed E-state index contributed by atoms with van der Waals surface area (Å²) in [6.07, 6.45) is 13.4. The molecule has 41 heavy (non-hydrogen) atoms. The number of morpholine rings is 1. The average molecular weight is 585 g/mol. The Bertz CT molecular complexity index is 710. The molecule has 0 aromatic heterocycles. The quantitative estimate of drug-likeness (QED) is 0.120. The molecule has 2 atom stereocenters. The maximum atomic E-state index is 12.5. The van der Waals surface area contributed by atoms with E-state index >= 15 is 0 Å². The fraction of sp³-hybridized carbons (Fsp3) is 0.906. The SMILES string of the molecule is CCCCCCCCC(CCCCCC)COC(=O)CCNC(=O)[C@H](O)C(C)(C)COC(=O)CCN1CCOCC1. The van der Waals surface area contributed by atoms with Crippen molar-refractivity contribution >= 4 is 17.8 Å². The van der Waals surface area contributed by atoms with Gasteiger partial charge in [-0.2, -0.15) is 0 Å². The number of unbranched alkanes of at least 4 members (excludes halogenated alkanes) is 8. The van der Waals surface area contributed by atoms with E-state index in [-0.39, 0.29) is 37.9 Å². The van der Waals surface area contributed by atoms with Crippen LogP contribution in [0.1, 0.15) is 118 Å². The summed E-state index contributed by atoms with van der Waals surface area (Å²) >= 11 is 0. The molecule has 1 heterocycles. The zero-order chi connectivity index (χ0) is 30.3. The Kier molecular flexibility index (Phi) is 20.8. The first-order chi connectivity index (χ1) is 19.7. The van der Waals surface area contributed by atoms with Crippen LogP contribution in [0.5, 0.6) is 0 Å². The van der Waals surface area contributed by atoms with Crippen molar-refractivity contribution in [1.82, 2.24) is 10.2 Å². The van der Waals surface area contributed by atoms with Gasteiger partial charge in [0.25, 0.3) is 0 Å². The van der Waals surface area contributed by atoms with Crippen LogP contribution in [-0.4, -0.2) is 86.6 Å². The van der Waals surface area contributed by atoms with E-state index in [1.165, 1.54) is 64.2 Å². The topological polar surface area (TPSA) is 114 Å². The fourth-order valence-corrected chi connectivity index (χ4v) is 4.90. The minimum absolute atomic E-state index is 0.0506. The molecule has 0 spiro atoms. The summed E-state index contributed by atoms with van der Waals surface area (Å²) in [5.74, 6) is -0.908. The van der Waals surface area contributed by atoms with Gasteiger partial charge in [-0.15, -0.1) is 0 Å². The molecular weight excluding hydrogens is 524 g/mol. The van der Waals surface area contributed by atoms with Crippen LogP contribution in [0.15, 0.2) is 0 Å². The van der Waals surface area contributed by atoms with Gasteiger partial charge >= 0.3 is 11.9 Å². The van der Waals surface area contributed by atoms with Crippen molar-refractivity contribution in [2.45, 2.75) is 124 Å². The van der Waals surface area contributed by atoms with Crippen molar-refractivity contribution in [3.63, 3.8) is 0 Å². The highest BCUT2D eigenvalue weighted by Crippen LogP contribution is 2.22. The second kappa shape index (κ2) is 22.8. The second-order valence-corrected chi connectivity index (χ2v) is 12.3. The van der Waals surface area contributed by atoms with E-state index in [0.717, 1.165) is 25.9 Å². The molecule has 9 nitrogen and oxygen atoms in total. The van der Waals surface area contributed by atoms with Crippen LogP contribution in [0.4, 0.5) is 0 Å². The predicted molar refractivity (Wildman–Crippen MR) is 161 cm³/mol. The first-order valence-electron chi connectivity index (χ1n) is 16.3. The van der Waals surface area contributed by atoms with Gasteiger partial charge in [-0.3, -0.25) is 19.3 Å². The van der Waals surface area contributed by atoms with Crippen molar-refractivity contribution in [3.8, 4) is 0 Å². The maximum Gasteiger partial charge on any atom is 0.307 e. The summed E-state index contributed by atoms with van der Waals surface area (Å²) in [4.78, 5) is 39.2. The van der Waals surface area contributed by atoms with E-state index in [4.69, 9.17) is 14.2 Å². The minimum atomic E-state index is -1.38. The monoisotopic (exact) mass is 584 g/mol. The minimum Gasteiger partial charge on any atom is -0.465 e. The van der Waals surface area contributed by atoms with Gasteiger partial charge in [0, 0.05) is 31.6 Å². The van der Waals surface area contributed by atoms with Crippen molar-refractivity contribution in [2.75, 3.05) is 52.6 Å². The first kappa shape index (κ1) is 37.3.